The van der Waals surface area contributed by atoms with Crippen LogP contribution in [0.4, 0.5) is 0 Å². The van der Waals surface area contributed by atoms with E-state index >= 15 is 0 Å². The van der Waals surface area contributed by atoms with E-state index < -0.39 is 0 Å². The molecule has 0 bridgehead atoms. The summed E-state index contributed by atoms with van der Waals surface area (Å²) in [6.45, 7) is 6.46. The van der Waals surface area contributed by atoms with Gasteiger partial charge < -0.3 is 5.32 Å². The number of amides is 1. The van der Waals surface area contributed by atoms with Gasteiger partial charge in [-0.15, -0.1) is 0 Å². The standard InChI is InChI=1S/C25H28N2O/c1-16-12-13-19(14-18(16)3)24-15-21(20-9-5-7-11-23(20)26-24)25(28)27-22-10-6-4-8-17(22)2/h5,7,9,11-15,17,22H,4,6,8,10H2,1-3H3,(H,27,28). The molecule has 3 heteroatoms. The minimum Gasteiger partial charge on any atom is -0.349 e. The van der Waals surface area contributed by atoms with Crippen LogP contribution in [0.3, 0.4) is 0 Å². The number of rotatable bonds is 3. The fraction of sp³-hybridized carbons (Fsp3) is 0.360. The molecular formula is C25H28N2O. The molecule has 1 aliphatic rings. The maximum atomic E-state index is 13.2. The normalized spacial score (nSPS) is 19.5. The van der Waals surface area contributed by atoms with Gasteiger partial charge in [-0.3, -0.25) is 4.79 Å². The lowest BCUT2D eigenvalue weighted by molar-refractivity contribution is 0.0912. The van der Waals surface area contributed by atoms with Crippen LogP contribution in [0, 0.1) is 19.8 Å². The second-order valence-corrected chi connectivity index (χ2v) is 8.21. The molecule has 1 fully saturated rings. The Labute approximate surface area is 167 Å². The Kier molecular flexibility index (Phi) is 5.17. The largest absolute Gasteiger partial charge is 0.349 e. The molecular weight excluding hydrogens is 344 g/mol. The first-order valence-corrected chi connectivity index (χ1v) is 10.3. The number of pyridine rings is 1. The average molecular weight is 373 g/mol. The highest BCUT2D eigenvalue weighted by Crippen LogP contribution is 2.28. The smallest absolute Gasteiger partial charge is 0.252 e. The van der Waals surface area contributed by atoms with Crippen LogP contribution in [-0.2, 0) is 0 Å². The molecule has 1 N–H and O–H groups in total. The van der Waals surface area contributed by atoms with Gasteiger partial charge in [0, 0.05) is 17.0 Å². The molecule has 2 atom stereocenters. The highest BCUT2D eigenvalue weighted by molar-refractivity contribution is 6.07. The van der Waals surface area contributed by atoms with Crippen LogP contribution in [-0.4, -0.2) is 16.9 Å². The van der Waals surface area contributed by atoms with Gasteiger partial charge in [-0.05, 0) is 61.9 Å². The van der Waals surface area contributed by atoms with Gasteiger partial charge in [0.2, 0.25) is 0 Å². The molecule has 0 aliphatic heterocycles. The van der Waals surface area contributed by atoms with E-state index in [4.69, 9.17) is 4.98 Å². The number of hydrogen-bond acceptors (Lipinski definition) is 2. The van der Waals surface area contributed by atoms with Crippen molar-refractivity contribution in [1.29, 1.82) is 0 Å². The lowest BCUT2D eigenvalue weighted by Crippen LogP contribution is -2.41. The lowest BCUT2D eigenvalue weighted by atomic mass is 9.85. The van der Waals surface area contributed by atoms with Gasteiger partial charge in [0.1, 0.15) is 0 Å². The van der Waals surface area contributed by atoms with Crippen molar-refractivity contribution in [3.63, 3.8) is 0 Å². The molecule has 4 rings (SSSR count). The van der Waals surface area contributed by atoms with E-state index in [1.807, 2.05) is 30.3 Å². The van der Waals surface area contributed by atoms with Crippen molar-refractivity contribution >= 4 is 16.8 Å². The second-order valence-electron chi connectivity index (χ2n) is 8.21. The molecule has 2 aromatic carbocycles. The number of carbonyl (C=O) groups is 1. The van der Waals surface area contributed by atoms with E-state index in [0.717, 1.165) is 34.1 Å². The van der Waals surface area contributed by atoms with Crippen LogP contribution in [0.15, 0.2) is 48.5 Å². The van der Waals surface area contributed by atoms with Crippen molar-refractivity contribution < 1.29 is 4.79 Å². The number of para-hydroxylation sites is 1. The number of nitrogens with one attached hydrogen (secondary N) is 1. The zero-order chi connectivity index (χ0) is 19.7. The number of benzene rings is 2. The second kappa shape index (κ2) is 7.75. The Balaban J connectivity index is 1.75. The summed E-state index contributed by atoms with van der Waals surface area (Å²) >= 11 is 0. The molecule has 1 aliphatic carbocycles. The van der Waals surface area contributed by atoms with E-state index in [0.29, 0.717) is 5.92 Å². The molecule has 28 heavy (non-hydrogen) atoms. The maximum Gasteiger partial charge on any atom is 0.252 e. The lowest BCUT2D eigenvalue weighted by Gasteiger charge is -2.29. The first-order chi connectivity index (χ1) is 13.5. The topological polar surface area (TPSA) is 42.0 Å². The highest BCUT2D eigenvalue weighted by atomic mass is 16.1. The third kappa shape index (κ3) is 3.66. The highest BCUT2D eigenvalue weighted by Gasteiger charge is 2.24. The van der Waals surface area contributed by atoms with Gasteiger partial charge in [0.05, 0.1) is 16.8 Å². The third-order valence-electron chi connectivity index (χ3n) is 6.19. The zero-order valence-corrected chi connectivity index (χ0v) is 17.0. The number of carbonyl (C=O) groups excluding carboxylic acids is 1. The van der Waals surface area contributed by atoms with E-state index in [-0.39, 0.29) is 11.9 Å². The first kappa shape index (κ1) is 18.7. The molecule has 2 unspecified atom stereocenters. The van der Waals surface area contributed by atoms with Crippen molar-refractivity contribution in [2.24, 2.45) is 5.92 Å². The van der Waals surface area contributed by atoms with Gasteiger partial charge >= 0.3 is 0 Å². The molecule has 144 valence electrons. The van der Waals surface area contributed by atoms with Gasteiger partial charge in [-0.25, -0.2) is 4.98 Å². The Bertz CT molecular complexity index is 1020. The summed E-state index contributed by atoms with van der Waals surface area (Å²) < 4.78 is 0. The Morgan fingerprint density at radius 1 is 1.00 bits per heavy atom. The Hall–Kier alpha value is -2.68. The number of nitrogens with zero attached hydrogens (tertiary/aromatic N) is 1. The van der Waals surface area contributed by atoms with Crippen LogP contribution >= 0.6 is 0 Å². The summed E-state index contributed by atoms with van der Waals surface area (Å²) in [5.74, 6) is 0.549. The number of fused-ring (bicyclic) bond motifs is 1. The van der Waals surface area contributed by atoms with Crippen LogP contribution in [0.1, 0.15) is 54.1 Å². The molecule has 0 spiro atoms. The average Bonchev–Trinajstić information content (AvgIpc) is 2.71. The minimum atomic E-state index is 0.0161. The summed E-state index contributed by atoms with van der Waals surface area (Å²) in [7, 11) is 0. The van der Waals surface area contributed by atoms with Gasteiger partial charge in [0.15, 0.2) is 0 Å². The summed E-state index contributed by atoms with van der Waals surface area (Å²) in [5.41, 5.74) is 5.97. The van der Waals surface area contributed by atoms with Crippen LogP contribution in [0.25, 0.3) is 22.2 Å². The fourth-order valence-electron chi connectivity index (χ4n) is 4.19. The first-order valence-electron chi connectivity index (χ1n) is 10.3. The fourth-order valence-corrected chi connectivity index (χ4v) is 4.19. The number of aryl methyl sites for hydroxylation is 2. The molecule has 1 saturated carbocycles. The molecule has 0 radical (unpaired) electrons. The van der Waals surface area contributed by atoms with Crippen LogP contribution in [0.5, 0.6) is 0 Å². The maximum absolute atomic E-state index is 13.2. The monoisotopic (exact) mass is 372 g/mol. The van der Waals surface area contributed by atoms with Gasteiger partial charge in [0.25, 0.3) is 5.91 Å². The predicted molar refractivity (Wildman–Crippen MR) is 116 cm³/mol. The van der Waals surface area contributed by atoms with Crippen molar-refractivity contribution in [2.45, 2.75) is 52.5 Å². The van der Waals surface area contributed by atoms with Crippen LogP contribution < -0.4 is 5.32 Å². The third-order valence-corrected chi connectivity index (χ3v) is 6.19. The van der Waals surface area contributed by atoms with E-state index in [1.54, 1.807) is 0 Å². The minimum absolute atomic E-state index is 0.0161. The molecule has 1 heterocycles. The number of aromatic nitrogens is 1. The van der Waals surface area contributed by atoms with Crippen molar-refractivity contribution in [3.05, 3.63) is 65.2 Å². The van der Waals surface area contributed by atoms with E-state index in [2.05, 4.69) is 44.3 Å². The number of hydrogen-bond donors (Lipinski definition) is 1. The zero-order valence-electron chi connectivity index (χ0n) is 17.0. The summed E-state index contributed by atoms with van der Waals surface area (Å²) in [6, 6.07) is 16.5. The predicted octanol–water partition coefficient (Wildman–Crippen LogP) is 5.83. The molecule has 1 amide bonds. The molecule has 0 saturated heterocycles. The van der Waals surface area contributed by atoms with Crippen molar-refractivity contribution in [2.75, 3.05) is 0 Å². The quantitative estimate of drug-likeness (QED) is 0.629. The van der Waals surface area contributed by atoms with Crippen molar-refractivity contribution in [3.8, 4) is 11.3 Å². The van der Waals surface area contributed by atoms with E-state index in [1.165, 1.54) is 30.4 Å². The Morgan fingerprint density at radius 3 is 2.57 bits per heavy atom. The Morgan fingerprint density at radius 2 is 1.79 bits per heavy atom. The molecule has 1 aromatic heterocycles. The van der Waals surface area contributed by atoms with Gasteiger partial charge in [-0.1, -0.05) is 50.1 Å². The summed E-state index contributed by atoms with van der Waals surface area (Å²) in [5, 5.41) is 4.22. The van der Waals surface area contributed by atoms with E-state index in [9.17, 15) is 4.79 Å². The molecule has 3 aromatic rings. The molecule has 3 nitrogen and oxygen atoms in total. The SMILES string of the molecule is Cc1ccc(-c2cc(C(=O)NC3CCCCC3C)c3ccccc3n2)cc1C. The summed E-state index contributed by atoms with van der Waals surface area (Å²) in [6.07, 6.45) is 4.72. The summed E-state index contributed by atoms with van der Waals surface area (Å²) in [4.78, 5) is 18.1. The van der Waals surface area contributed by atoms with Gasteiger partial charge in [-0.2, -0.15) is 0 Å². The van der Waals surface area contributed by atoms with Crippen molar-refractivity contribution in [1.82, 2.24) is 10.3 Å². The van der Waals surface area contributed by atoms with Crippen LogP contribution in [0.2, 0.25) is 0 Å².